The Bertz CT molecular complexity index is 1340. The van der Waals surface area contributed by atoms with Gasteiger partial charge in [0.15, 0.2) is 0 Å². The minimum absolute atomic E-state index is 0.0574. The molecule has 3 aliphatic heterocycles. The van der Waals surface area contributed by atoms with Gasteiger partial charge < -0.3 is 29.7 Å². The van der Waals surface area contributed by atoms with Crippen LogP contribution in [0.15, 0.2) is 55.6 Å². The van der Waals surface area contributed by atoms with E-state index in [1.54, 1.807) is 24.0 Å². The molecule has 1 aromatic carbocycles. The summed E-state index contributed by atoms with van der Waals surface area (Å²) >= 11 is 0. The Hall–Kier alpha value is -3.50. The Morgan fingerprint density at radius 1 is 1.17 bits per heavy atom. The molecule has 0 radical (unpaired) electrons. The van der Waals surface area contributed by atoms with Crippen LogP contribution in [-0.2, 0) is 28.7 Å². The molecule has 1 spiro atoms. The highest BCUT2D eigenvalue weighted by molar-refractivity contribution is 5.98. The summed E-state index contributed by atoms with van der Waals surface area (Å²) in [5.74, 6) is -3.37. The van der Waals surface area contributed by atoms with Crippen LogP contribution in [0, 0.1) is 17.3 Å². The number of likely N-dealkylation sites (tertiary alicyclic amines) is 1. The predicted octanol–water partition coefficient (Wildman–Crippen LogP) is 4.34. The molecule has 2 bridgehead atoms. The van der Waals surface area contributed by atoms with Gasteiger partial charge in [0, 0.05) is 18.5 Å². The lowest BCUT2D eigenvalue weighted by atomic mass is 9.70. The van der Waals surface area contributed by atoms with Crippen molar-refractivity contribution in [3.8, 4) is 0 Å². The number of rotatable bonds is 15. The van der Waals surface area contributed by atoms with Crippen LogP contribution >= 0.6 is 0 Å². The highest BCUT2D eigenvalue weighted by Gasteiger charge is 2.75. The van der Waals surface area contributed by atoms with E-state index in [4.69, 9.17) is 9.47 Å². The quantitative estimate of drug-likeness (QED) is 0.214. The Kier molecular flexibility index (Phi) is 11.1. The Balaban J connectivity index is 1.68. The largest absolute Gasteiger partial charge is 0.455 e. The maximum atomic E-state index is 14.8. The minimum atomic E-state index is -1.25. The number of ether oxygens (including phenoxy) is 2. The first-order chi connectivity index (χ1) is 22.1. The van der Waals surface area contributed by atoms with Gasteiger partial charge in [0.05, 0.1) is 37.1 Å². The van der Waals surface area contributed by atoms with Gasteiger partial charge in [0.1, 0.15) is 17.7 Å². The van der Waals surface area contributed by atoms with E-state index in [0.717, 1.165) is 0 Å². The molecule has 2 N–H and O–H groups in total. The average molecular weight is 652 g/mol. The second kappa shape index (κ2) is 14.3. The Morgan fingerprint density at radius 3 is 2.45 bits per heavy atom. The summed E-state index contributed by atoms with van der Waals surface area (Å²) in [7, 11) is 0. The third-order valence-electron chi connectivity index (χ3n) is 9.74. The standard InChI is InChI=1S/C37H53N3O7/c1-9-11-17-28(42)38-21-27(25-15-13-12-14-16-25)46-34(45)29-26-18-19-37(47-26)30(29)32(43)40(24(3)22-41)31(37)33(44)39(20-10-2)36(7,8)23-35(4,5)6/h9-10,12-16,24,26-27,29-31,41H,1-2,11,17-23H2,3-8H3,(H,38,42)/t24-,26-,27+,29+,30+,31-,37+/m1/s1. The van der Waals surface area contributed by atoms with Crippen LogP contribution in [0.2, 0.25) is 0 Å². The number of amides is 3. The molecule has 47 heavy (non-hydrogen) atoms. The van der Waals surface area contributed by atoms with Crippen molar-refractivity contribution in [2.75, 3.05) is 19.7 Å². The number of allylic oxidation sites excluding steroid dienone is 1. The summed E-state index contributed by atoms with van der Waals surface area (Å²) in [5.41, 5.74) is -1.23. The molecule has 1 aromatic rings. The van der Waals surface area contributed by atoms with E-state index in [1.807, 2.05) is 44.2 Å². The topological polar surface area (TPSA) is 125 Å². The van der Waals surface area contributed by atoms with Crippen LogP contribution in [0.4, 0.5) is 0 Å². The van der Waals surface area contributed by atoms with Crippen LogP contribution in [0.1, 0.15) is 85.3 Å². The number of nitrogens with one attached hydrogen (secondary N) is 1. The fourth-order valence-corrected chi connectivity index (χ4v) is 8.15. The van der Waals surface area contributed by atoms with Crippen LogP contribution in [0.3, 0.4) is 0 Å². The lowest BCUT2D eigenvalue weighted by Gasteiger charge is -2.46. The van der Waals surface area contributed by atoms with Crippen molar-refractivity contribution in [2.24, 2.45) is 17.3 Å². The Morgan fingerprint density at radius 2 is 1.85 bits per heavy atom. The van der Waals surface area contributed by atoms with Gasteiger partial charge in [-0.3, -0.25) is 19.2 Å². The average Bonchev–Trinajstić information content (AvgIpc) is 3.66. The number of aliphatic hydroxyl groups excluding tert-OH is 1. The summed E-state index contributed by atoms with van der Waals surface area (Å²) in [6.07, 6.45) is 4.33. The number of benzene rings is 1. The van der Waals surface area contributed by atoms with Gasteiger partial charge in [-0.15, -0.1) is 13.2 Å². The molecule has 0 unspecified atom stereocenters. The van der Waals surface area contributed by atoms with E-state index in [0.29, 0.717) is 31.2 Å². The summed E-state index contributed by atoms with van der Waals surface area (Å²) in [4.78, 5) is 59.0. The molecule has 3 aliphatic rings. The maximum absolute atomic E-state index is 14.8. The van der Waals surface area contributed by atoms with Gasteiger partial charge in [0.25, 0.3) is 0 Å². The lowest BCUT2D eigenvalue weighted by Crippen LogP contribution is -2.62. The van der Waals surface area contributed by atoms with Crippen LogP contribution in [-0.4, -0.2) is 87.6 Å². The highest BCUT2D eigenvalue weighted by atomic mass is 16.6. The van der Waals surface area contributed by atoms with Crippen molar-refractivity contribution in [2.45, 2.75) is 109 Å². The molecule has 3 fully saturated rings. The summed E-state index contributed by atoms with van der Waals surface area (Å²) in [6.45, 7) is 19.6. The first-order valence-electron chi connectivity index (χ1n) is 16.8. The fourth-order valence-electron chi connectivity index (χ4n) is 8.15. The molecule has 3 saturated heterocycles. The van der Waals surface area contributed by atoms with E-state index in [2.05, 4.69) is 39.2 Å². The molecule has 3 amide bonds. The van der Waals surface area contributed by atoms with Gasteiger partial charge in [-0.1, -0.05) is 63.3 Å². The number of aliphatic hydroxyl groups is 1. The van der Waals surface area contributed by atoms with Crippen molar-refractivity contribution in [1.82, 2.24) is 15.1 Å². The highest BCUT2D eigenvalue weighted by Crippen LogP contribution is 2.59. The summed E-state index contributed by atoms with van der Waals surface area (Å²) in [5, 5.41) is 13.1. The van der Waals surface area contributed by atoms with Crippen LogP contribution < -0.4 is 5.32 Å². The lowest BCUT2D eigenvalue weighted by molar-refractivity contribution is -0.161. The number of hydrogen-bond acceptors (Lipinski definition) is 7. The second-order valence-electron chi connectivity index (χ2n) is 15.1. The fraction of sp³-hybridized carbons (Fsp3) is 0.622. The zero-order valence-corrected chi connectivity index (χ0v) is 28.9. The number of fused-ring (bicyclic) bond motifs is 1. The monoisotopic (exact) mass is 651 g/mol. The molecular weight excluding hydrogens is 598 g/mol. The third-order valence-corrected chi connectivity index (χ3v) is 9.74. The number of carbonyl (C=O) groups excluding carboxylic acids is 4. The Labute approximate surface area is 279 Å². The minimum Gasteiger partial charge on any atom is -0.455 e. The van der Waals surface area contributed by atoms with Gasteiger partial charge in [-0.05, 0) is 57.4 Å². The van der Waals surface area contributed by atoms with Crippen molar-refractivity contribution in [1.29, 1.82) is 0 Å². The molecule has 7 atom stereocenters. The number of hydrogen-bond donors (Lipinski definition) is 2. The number of nitrogens with zero attached hydrogens (tertiary/aromatic N) is 2. The van der Waals surface area contributed by atoms with Crippen molar-refractivity contribution < 1.29 is 33.8 Å². The summed E-state index contributed by atoms with van der Waals surface area (Å²) < 4.78 is 12.7. The van der Waals surface area contributed by atoms with E-state index in [1.165, 1.54) is 4.90 Å². The first-order valence-corrected chi connectivity index (χ1v) is 16.8. The first kappa shape index (κ1) is 36.3. The SMILES string of the molecule is C=CCCC(=O)NC[C@H](OC(=O)[C@@H]1[C@H]2C(=O)N([C@H](C)CO)[C@H](C(=O)N(CC=C)C(C)(C)CC(C)(C)C)[C@]23CC[C@H]1O3)c1ccccc1. The molecular formula is C37H53N3O7. The molecule has 0 aliphatic carbocycles. The molecule has 3 heterocycles. The van der Waals surface area contributed by atoms with Crippen molar-refractivity contribution in [3.05, 3.63) is 61.2 Å². The molecule has 10 nitrogen and oxygen atoms in total. The van der Waals surface area contributed by atoms with E-state index in [9.17, 15) is 24.3 Å². The number of carbonyl (C=O) groups is 4. The molecule has 10 heteroatoms. The second-order valence-corrected chi connectivity index (χ2v) is 15.1. The summed E-state index contributed by atoms with van der Waals surface area (Å²) in [6, 6.07) is 7.43. The van der Waals surface area contributed by atoms with Gasteiger partial charge in [-0.25, -0.2) is 0 Å². The van der Waals surface area contributed by atoms with Gasteiger partial charge >= 0.3 is 5.97 Å². The van der Waals surface area contributed by atoms with E-state index < -0.39 is 59.1 Å². The zero-order valence-electron chi connectivity index (χ0n) is 28.9. The van der Waals surface area contributed by atoms with Gasteiger partial charge in [-0.2, -0.15) is 0 Å². The molecule has 0 saturated carbocycles. The van der Waals surface area contributed by atoms with Crippen LogP contribution in [0.5, 0.6) is 0 Å². The zero-order chi connectivity index (χ0) is 34.7. The van der Waals surface area contributed by atoms with E-state index >= 15 is 0 Å². The predicted molar refractivity (Wildman–Crippen MR) is 179 cm³/mol. The smallest absolute Gasteiger partial charge is 0.313 e. The van der Waals surface area contributed by atoms with Crippen molar-refractivity contribution in [3.63, 3.8) is 0 Å². The van der Waals surface area contributed by atoms with Crippen molar-refractivity contribution >= 4 is 23.7 Å². The third kappa shape index (κ3) is 7.33. The molecule has 4 rings (SSSR count). The molecule has 0 aromatic heterocycles. The normalized spacial score (nSPS) is 26.4. The number of esters is 1. The van der Waals surface area contributed by atoms with Gasteiger partial charge in [0.2, 0.25) is 17.7 Å². The van der Waals surface area contributed by atoms with E-state index in [-0.39, 0.29) is 43.3 Å². The van der Waals surface area contributed by atoms with Crippen LogP contribution in [0.25, 0.3) is 0 Å². The maximum Gasteiger partial charge on any atom is 0.313 e. The molecule has 258 valence electrons.